The molecule has 2 aromatic carbocycles. The lowest BCUT2D eigenvalue weighted by molar-refractivity contribution is -0.117. The number of carbonyl (C=O) groups excluding carboxylic acids is 1. The second kappa shape index (κ2) is 7.35. The van der Waals surface area contributed by atoms with E-state index in [1.165, 1.54) is 24.6 Å². The van der Waals surface area contributed by atoms with Crippen LogP contribution in [0.25, 0.3) is 10.8 Å². The Morgan fingerprint density at radius 2 is 1.96 bits per heavy atom. The minimum atomic E-state index is -0.231. The average Bonchev–Trinajstić information content (AvgIpc) is 3.45. The number of hydrogen-bond acceptors (Lipinski definition) is 4. The van der Waals surface area contributed by atoms with Crippen molar-refractivity contribution in [3.63, 3.8) is 0 Å². The third-order valence-corrected chi connectivity index (χ3v) is 6.06. The van der Waals surface area contributed by atoms with Crippen LogP contribution in [0.4, 0.5) is 5.69 Å². The molecule has 5 nitrogen and oxygen atoms in total. The quantitative estimate of drug-likeness (QED) is 0.586. The van der Waals surface area contributed by atoms with Gasteiger partial charge in [-0.2, -0.15) is 0 Å². The van der Waals surface area contributed by atoms with E-state index in [2.05, 4.69) is 33.0 Å². The van der Waals surface area contributed by atoms with E-state index in [9.17, 15) is 4.79 Å². The number of hydrogen-bond donors (Lipinski definition) is 0. The lowest BCUT2D eigenvalue weighted by Gasteiger charge is -2.25. The minimum absolute atomic E-state index is 0.0989. The Bertz CT molecular complexity index is 974. The van der Waals surface area contributed by atoms with Gasteiger partial charge < -0.3 is 9.47 Å². The third kappa shape index (κ3) is 3.46. The second-order valence-electron chi connectivity index (χ2n) is 6.97. The van der Waals surface area contributed by atoms with Gasteiger partial charge in [0.05, 0.1) is 10.9 Å². The number of nitrogens with zero attached hydrogens (tertiary/aromatic N) is 4. The van der Waals surface area contributed by atoms with Gasteiger partial charge >= 0.3 is 0 Å². The van der Waals surface area contributed by atoms with Gasteiger partial charge in [-0.15, -0.1) is 10.2 Å². The molecule has 1 saturated carbocycles. The van der Waals surface area contributed by atoms with Crippen LogP contribution in [0.1, 0.15) is 38.6 Å². The zero-order valence-electron chi connectivity index (χ0n) is 15.9. The summed E-state index contributed by atoms with van der Waals surface area (Å²) >= 11 is 1.51. The van der Waals surface area contributed by atoms with Crippen molar-refractivity contribution in [1.82, 2.24) is 14.8 Å². The predicted octanol–water partition coefficient (Wildman–Crippen LogP) is 4.61. The Labute approximate surface area is 163 Å². The zero-order chi connectivity index (χ0) is 19.0. The van der Waals surface area contributed by atoms with Gasteiger partial charge in [0.1, 0.15) is 5.82 Å². The highest BCUT2D eigenvalue weighted by molar-refractivity contribution is 8.00. The van der Waals surface area contributed by atoms with Crippen molar-refractivity contribution < 1.29 is 4.79 Å². The highest BCUT2D eigenvalue weighted by atomic mass is 32.2. The molecule has 1 unspecified atom stereocenters. The molecule has 27 heavy (non-hydrogen) atoms. The maximum Gasteiger partial charge on any atom is 0.240 e. The molecule has 0 aliphatic heterocycles. The Kier molecular flexibility index (Phi) is 4.91. The molecule has 1 aliphatic carbocycles. The summed E-state index contributed by atoms with van der Waals surface area (Å²) in [4.78, 5) is 15.2. The molecule has 1 fully saturated rings. The molecule has 4 rings (SSSR count). The van der Waals surface area contributed by atoms with Gasteiger partial charge in [-0.3, -0.25) is 4.79 Å². The van der Waals surface area contributed by atoms with Crippen molar-refractivity contribution in [2.45, 2.75) is 50.1 Å². The molecular weight excluding hydrogens is 356 g/mol. The lowest BCUT2D eigenvalue weighted by atomic mass is 10.1. The second-order valence-corrected chi connectivity index (χ2v) is 8.28. The number of anilines is 1. The van der Waals surface area contributed by atoms with E-state index in [4.69, 9.17) is 0 Å². The van der Waals surface area contributed by atoms with Crippen LogP contribution >= 0.6 is 11.8 Å². The van der Waals surface area contributed by atoms with Gasteiger partial charge in [-0.1, -0.05) is 48.2 Å². The smallest absolute Gasteiger partial charge is 0.240 e. The van der Waals surface area contributed by atoms with Gasteiger partial charge in [0.25, 0.3) is 0 Å². The Balaban J connectivity index is 1.60. The number of carbonyl (C=O) groups is 1. The molecule has 1 atom stereocenters. The number of thioether (sulfide) groups is 1. The molecule has 0 saturated heterocycles. The average molecular weight is 381 g/mol. The summed E-state index contributed by atoms with van der Waals surface area (Å²) in [6, 6.07) is 14.8. The fourth-order valence-corrected chi connectivity index (χ4v) is 4.53. The summed E-state index contributed by atoms with van der Waals surface area (Å²) < 4.78 is 2.18. The van der Waals surface area contributed by atoms with Gasteiger partial charge in [-0.05, 0) is 45.1 Å². The van der Waals surface area contributed by atoms with Crippen LogP contribution in [0.2, 0.25) is 0 Å². The van der Waals surface area contributed by atoms with E-state index in [0.717, 1.165) is 27.4 Å². The Hall–Kier alpha value is -2.34. The van der Waals surface area contributed by atoms with Gasteiger partial charge in [-0.25, -0.2) is 0 Å². The highest BCUT2D eigenvalue weighted by Gasteiger charge is 2.31. The number of aryl methyl sites for hydroxylation is 1. The number of benzene rings is 2. The largest absolute Gasteiger partial charge is 0.311 e. The van der Waals surface area contributed by atoms with Gasteiger partial charge in [0, 0.05) is 18.0 Å². The first-order valence-electron chi connectivity index (χ1n) is 9.47. The molecule has 0 N–H and O–H groups in total. The molecular formula is C21H24N4OS. The van der Waals surface area contributed by atoms with Crippen LogP contribution in [0.5, 0.6) is 0 Å². The molecule has 1 amide bonds. The molecule has 0 bridgehead atoms. The van der Waals surface area contributed by atoms with Crippen LogP contribution in [0.3, 0.4) is 0 Å². The van der Waals surface area contributed by atoms with Crippen LogP contribution in [-0.4, -0.2) is 32.5 Å². The molecule has 1 aliphatic rings. The zero-order valence-corrected chi connectivity index (χ0v) is 16.7. The molecule has 0 radical (unpaired) electrons. The molecule has 3 aromatic rings. The van der Waals surface area contributed by atoms with Crippen molar-refractivity contribution >= 4 is 34.1 Å². The first-order chi connectivity index (χ1) is 13.1. The van der Waals surface area contributed by atoms with Crippen LogP contribution in [0, 0.1) is 6.92 Å². The van der Waals surface area contributed by atoms with E-state index in [1.54, 1.807) is 0 Å². The normalized spacial score (nSPS) is 15.1. The number of amides is 1. The predicted molar refractivity (Wildman–Crippen MR) is 110 cm³/mol. The number of rotatable bonds is 6. The molecule has 0 spiro atoms. The van der Waals surface area contributed by atoms with E-state index < -0.39 is 0 Å². The summed E-state index contributed by atoms with van der Waals surface area (Å²) in [6.45, 7) is 6.60. The van der Waals surface area contributed by atoms with Gasteiger partial charge in [0.2, 0.25) is 5.91 Å². The fourth-order valence-electron chi connectivity index (χ4n) is 3.50. The van der Waals surface area contributed by atoms with E-state index >= 15 is 0 Å². The SMILES string of the molecule is CCN(C(=O)C(C)Sc1nnc(C)n1C1CC1)c1cccc2ccccc12. The Morgan fingerprint density at radius 1 is 1.22 bits per heavy atom. The molecule has 1 aromatic heterocycles. The summed E-state index contributed by atoms with van der Waals surface area (Å²) in [7, 11) is 0. The van der Waals surface area contributed by atoms with Crippen LogP contribution in [0.15, 0.2) is 47.6 Å². The van der Waals surface area contributed by atoms with Crippen molar-refractivity contribution in [3.8, 4) is 0 Å². The summed E-state index contributed by atoms with van der Waals surface area (Å²) in [6.07, 6.45) is 2.34. The maximum atomic E-state index is 13.3. The lowest BCUT2D eigenvalue weighted by Crippen LogP contribution is -2.36. The summed E-state index contributed by atoms with van der Waals surface area (Å²) in [5, 5.41) is 11.4. The van der Waals surface area contributed by atoms with E-state index in [-0.39, 0.29) is 11.2 Å². The maximum absolute atomic E-state index is 13.3. The molecule has 1 heterocycles. The fraction of sp³-hybridized carbons (Fsp3) is 0.381. The number of aromatic nitrogens is 3. The summed E-state index contributed by atoms with van der Waals surface area (Å²) in [5.41, 5.74) is 0.966. The highest BCUT2D eigenvalue weighted by Crippen LogP contribution is 2.39. The van der Waals surface area contributed by atoms with Crippen molar-refractivity contribution in [3.05, 3.63) is 48.3 Å². The monoisotopic (exact) mass is 380 g/mol. The Morgan fingerprint density at radius 3 is 2.70 bits per heavy atom. The standard InChI is InChI=1S/C21H24N4OS/c1-4-24(19-11-7-9-16-8-5-6-10-18(16)19)20(26)14(2)27-21-23-22-15(3)25(21)17-12-13-17/h5-11,14,17H,4,12-13H2,1-3H3. The van der Waals surface area contributed by atoms with Crippen LogP contribution in [-0.2, 0) is 4.79 Å². The first-order valence-corrected chi connectivity index (χ1v) is 10.4. The van der Waals surface area contributed by atoms with E-state index in [0.29, 0.717) is 12.6 Å². The molecule has 140 valence electrons. The first kappa shape index (κ1) is 18.0. The topological polar surface area (TPSA) is 51.0 Å². The third-order valence-electron chi connectivity index (χ3n) is 5.02. The minimum Gasteiger partial charge on any atom is -0.311 e. The summed E-state index contributed by atoms with van der Waals surface area (Å²) in [5.74, 6) is 1.03. The number of fused-ring (bicyclic) bond motifs is 1. The van der Waals surface area contributed by atoms with E-state index in [1.807, 2.05) is 49.9 Å². The van der Waals surface area contributed by atoms with Gasteiger partial charge in [0.15, 0.2) is 5.16 Å². The van der Waals surface area contributed by atoms with Crippen molar-refractivity contribution in [1.29, 1.82) is 0 Å². The molecule has 6 heteroatoms. The van der Waals surface area contributed by atoms with Crippen molar-refractivity contribution in [2.24, 2.45) is 0 Å². The van der Waals surface area contributed by atoms with Crippen LogP contribution < -0.4 is 4.90 Å². The van der Waals surface area contributed by atoms with Crippen molar-refractivity contribution in [2.75, 3.05) is 11.4 Å².